The molecule has 0 atom stereocenters. The van der Waals surface area contributed by atoms with Crippen molar-refractivity contribution >= 4 is 40.8 Å². The summed E-state index contributed by atoms with van der Waals surface area (Å²) in [5, 5.41) is 3.92. The second-order valence-corrected chi connectivity index (χ2v) is 7.70. The highest BCUT2D eigenvalue weighted by Crippen LogP contribution is 2.24. The summed E-state index contributed by atoms with van der Waals surface area (Å²) in [6, 6.07) is 12.7. The number of carbonyl (C=O) groups excluding carboxylic acids is 2. The van der Waals surface area contributed by atoms with Crippen molar-refractivity contribution in [3.05, 3.63) is 63.6 Å². The molecule has 7 heteroatoms. The van der Waals surface area contributed by atoms with Gasteiger partial charge in [0.2, 0.25) is 5.91 Å². The molecule has 1 amide bonds. The molecular formula is C21H22Cl2N2O3. The van der Waals surface area contributed by atoms with Gasteiger partial charge in [0.1, 0.15) is 0 Å². The van der Waals surface area contributed by atoms with Gasteiger partial charge in [-0.3, -0.25) is 9.69 Å². The second kappa shape index (κ2) is 9.41. The van der Waals surface area contributed by atoms with Crippen LogP contribution < -0.4 is 5.32 Å². The van der Waals surface area contributed by atoms with Crippen molar-refractivity contribution < 1.29 is 14.3 Å². The van der Waals surface area contributed by atoms with Crippen molar-refractivity contribution in [2.45, 2.75) is 19.4 Å². The number of anilines is 1. The Morgan fingerprint density at radius 2 is 1.79 bits per heavy atom. The largest absolute Gasteiger partial charge is 0.465 e. The van der Waals surface area contributed by atoms with Gasteiger partial charge in [-0.05, 0) is 61.8 Å². The van der Waals surface area contributed by atoms with Gasteiger partial charge in [-0.2, -0.15) is 0 Å². The predicted octanol–water partition coefficient (Wildman–Crippen LogP) is 4.63. The fraction of sp³-hybridized carbons (Fsp3) is 0.333. The Morgan fingerprint density at radius 1 is 1.11 bits per heavy atom. The smallest absolute Gasteiger partial charge is 0.339 e. The number of nitrogens with one attached hydrogen (secondary N) is 1. The Kier molecular flexibility index (Phi) is 6.94. The molecule has 5 nitrogen and oxygen atoms in total. The van der Waals surface area contributed by atoms with E-state index in [0.29, 0.717) is 10.7 Å². The molecule has 0 bridgehead atoms. The van der Waals surface area contributed by atoms with Crippen LogP contribution in [-0.4, -0.2) is 37.0 Å². The molecular weight excluding hydrogens is 399 g/mol. The molecule has 0 spiro atoms. The number of hydrogen-bond donors (Lipinski definition) is 1. The molecule has 0 unspecified atom stereocenters. The van der Waals surface area contributed by atoms with E-state index in [1.54, 1.807) is 18.2 Å². The third-order valence-electron chi connectivity index (χ3n) is 4.92. The lowest BCUT2D eigenvalue weighted by molar-refractivity contribution is -0.121. The molecule has 1 heterocycles. The summed E-state index contributed by atoms with van der Waals surface area (Å²) in [4.78, 5) is 26.7. The van der Waals surface area contributed by atoms with Crippen LogP contribution >= 0.6 is 23.2 Å². The molecule has 1 N–H and O–H groups in total. The highest BCUT2D eigenvalue weighted by molar-refractivity contribution is 6.33. The monoisotopic (exact) mass is 420 g/mol. The first-order valence-corrected chi connectivity index (χ1v) is 9.87. The topological polar surface area (TPSA) is 58.6 Å². The Hall–Kier alpha value is -2.08. The molecule has 0 radical (unpaired) electrons. The summed E-state index contributed by atoms with van der Waals surface area (Å²) in [5.74, 6) is -0.625. The van der Waals surface area contributed by atoms with Crippen molar-refractivity contribution in [3.63, 3.8) is 0 Å². The number of esters is 1. The third kappa shape index (κ3) is 5.25. The summed E-state index contributed by atoms with van der Waals surface area (Å²) in [7, 11) is 1.29. The average molecular weight is 421 g/mol. The molecule has 1 fully saturated rings. The van der Waals surface area contributed by atoms with Crippen molar-refractivity contribution in [2.24, 2.45) is 5.92 Å². The SMILES string of the molecule is COC(=O)c1cc(NC(=O)C2CCN(Cc3ccc(Cl)cc3)CC2)ccc1Cl. The van der Waals surface area contributed by atoms with Crippen LogP contribution in [0.1, 0.15) is 28.8 Å². The molecule has 2 aromatic rings. The van der Waals surface area contributed by atoms with E-state index in [9.17, 15) is 9.59 Å². The Labute approximate surface area is 174 Å². The van der Waals surface area contributed by atoms with Crippen molar-refractivity contribution in [2.75, 3.05) is 25.5 Å². The van der Waals surface area contributed by atoms with Crippen LogP contribution in [0.3, 0.4) is 0 Å². The number of halogens is 2. The third-order valence-corrected chi connectivity index (χ3v) is 5.50. The van der Waals surface area contributed by atoms with Gasteiger partial charge in [-0.1, -0.05) is 35.3 Å². The van der Waals surface area contributed by atoms with E-state index in [-0.39, 0.29) is 17.4 Å². The maximum atomic E-state index is 12.6. The zero-order valence-corrected chi connectivity index (χ0v) is 17.1. The average Bonchev–Trinajstić information content (AvgIpc) is 2.71. The number of piperidine rings is 1. The van der Waals surface area contributed by atoms with Crippen molar-refractivity contribution in [3.8, 4) is 0 Å². The zero-order valence-electron chi connectivity index (χ0n) is 15.6. The lowest BCUT2D eigenvalue weighted by atomic mass is 9.95. The number of benzene rings is 2. The van der Waals surface area contributed by atoms with Crippen LogP contribution in [0, 0.1) is 5.92 Å². The predicted molar refractivity (Wildman–Crippen MR) is 111 cm³/mol. The van der Waals surface area contributed by atoms with Crippen LogP contribution in [0.25, 0.3) is 0 Å². The summed E-state index contributed by atoms with van der Waals surface area (Å²) in [6.07, 6.45) is 1.58. The Bertz CT molecular complexity index is 847. The van der Waals surface area contributed by atoms with Crippen LogP contribution in [-0.2, 0) is 16.1 Å². The lowest BCUT2D eigenvalue weighted by Crippen LogP contribution is -2.37. The number of hydrogen-bond acceptors (Lipinski definition) is 4. The standard InChI is InChI=1S/C21H22Cl2N2O3/c1-28-21(27)18-12-17(6-7-19(18)23)24-20(26)15-8-10-25(11-9-15)13-14-2-4-16(22)5-3-14/h2-7,12,15H,8-11,13H2,1H3,(H,24,26). The van der Waals surface area contributed by atoms with Crippen LogP contribution in [0.2, 0.25) is 10.0 Å². The summed E-state index contributed by atoms with van der Waals surface area (Å²) >= 11 is 11.9. The molecule has 3 rings (SSSR count). The molecule has 1 aliphatic heterocycles. The highest BCUT2D eigenvalue weighted by atomic mass is 35.5. The van der Waals surface area contributed by atoms with Gasteiger partial charge in [0.05, 0.1) is 17.7 Å². The highest BCUT2D eigenvalue weighted by Gasteiger charge is 2.25. The van der Waals surface area contributed by atoms with E-state index in [4.69, 9.17) is 27.9 Å². The minimum atomic E-state index is -0.531. The van der Waals surface area contributed by atoms with Crippen LogP contribution in [0.4, 0.5) is 5.69 Å². The van der Waals surface area contributed by atoms with E-state index < -0.39 is 5.97 Å². The minimum absolute atomic E-state index is 0.0377. The first-order valence-electron chi connectivity index (χ1n) is 9.12. The first-order chi connectivity index (χ1) is 13.5. The molecule has 1 saturated heterocycles. The molecule has 0 saturated carbocycles. The quantitative estimate of drug-likeness (QED) is 0.716. The number of likely N-dealkylation sites (tertiary alicyclic amines) is 1. The lowest BCUT2D eigenvalue weighted by Gasteiger charge is -2.31. The van der Waals surface area contributed by atoms with Gasteiger partial charge >= 0.3 is 5.97 Å². The van der Waals surface area contributed by atoms with Gasteiger partial charge in [0.25, 0.3) is 0 Å². The van der Waals surface area contributed by atoms with E-state index in [1.807, 2.05) is 24.3 Å². The van der Waals surface area contributed by atoms with Crippen LogP contribution in [0.15, 0.2) is 42.5 Å². The molecule has 0 aromatic heterocycles. The van der Waals surface area contributed by atoms with Gasteiger partial charge in [-0.25, -0.2) is 4.79 Å². The molecule has 0 aliphatic carbocycles. The maximum absolute atomic E-state index is 12.6. The molecule has 2 aromatic carbocycles. The number of carbonyl (C=O) groups is 2. The molecule has 28 heavy (non-hydrogen) atoms. The van der Waals surface area contributed by atoms with Gasteiger partial charge in [-0.15, -0.1) is 0 Å². The Morgan fingerprint density at radius 3 is 2.43 bits per heavy atom. The Balaban J connectivity index is 1.54. The zero-order chi connectivity index (χ0) is 20.1. The van der Waals surface area contributed by atoms with Gasteiger partial charge in [0.15, 0.2) is 0 Å². The summed E-state index contributed by atoms with van der Waals surface area (Å²) in [5.41, 5.74) is 1.99. The van der Waals surface area contributed by atoms with Crippen molar-refractivity contribution in [1.29, 1.82) is 0 Å². The van der Waals surface area contributed by atoms with E-state index in [0.717, 1.165) is 37.5 Å². The van der Waals surface area contributed by atoms with E-state index in [2.05, 4.69) is 10.2 Å². The first kappa shape index (κ1) is 20.6. The normalized spacial score (nSPS) is 15.2. The summed E-state index contributed by atoms with van der Waals surface area (Å²) < 4.78 is 4.71. The summed E-state index contributed by atoms with van der Waals surface area (Å²) in [6.45, 7) is 2.56. The minimum Gasteiger partial charge on any atom is -0.465 e. The fourth-order valence-corrected chi connectivity index (χ4v) is 3.64. The fourth-order valence-electron chi connectivity index (χ4n) is 3.32. The van der Waals surface area contributed by atoms with Crippen molar-refractivity contribution in [1.82, 2.24) is 4.90 Å². The molecule has 148 valence electrons. The van der Waals surface area contributed by atoms with E-state index in [1.165, 1.54) is 12.7 Å². The van der Waals surface area contributed by atoms with E-state index >= 15 is 0 Å². The van der Waals surface area contributed by atoms with Gasteiger partial charge < -0.3 is 10.1 Å². The number of rotatable bonds is 5. The molecule has 1 aliphatic rings. The number of amides is 1. The maximum Gasteiger partial charge on any atom is 0.339 e. The number of methoxy groups -OCH3 is 1. The van der Waals surface area contributed by atoms with Gasteiger partial charge in [0, 0.05) is 23.2 Å². The number of nitrogens with zero attached hydrogens (tertiary/aromatic N) is 1. The van der Waals surface area contributed by atoms with Crippen LogP contribution in [0.5, 0.6) is 0 Å². The second-order valence-electron chi connectivity index (χ2n) is 6.85. The number of ether oxygens (including phenoxy) is 1.